The molecule has 1 aliphatic heterocycles. The van der Waals surface area contributed by atoms with Crippen molar-refractivity contribution in [2.45, 2.75) is 31.6 Å². The van der Waals surface area contributed by atoms with Crippen LogP contribution in [0.2, 0.25) is 0 Å². The molecule has 1 aliphatic rings. The van der Waals surface area contributed by atoms with E-state index in [-0.39, 0.29) is 40.6 Å². The highest BCUT2D eigenvalue weighted by atomic mass is 127. The van der Waals surface area contributed by atoms with E-state index >= 15 is 0 Å². The number of guanidine groups is 1. The maximum atomic E-state index is 13.8. The van der Waals surface area contributed by atoms with E-state index in [1.807, 2.05) is 6.07 Å². The van der Waals surface area contributed by atoms with Crippen LogP contribution in [-0.2, 0) is 4.74 Å². The van der Waals surface area contributed by atoms with Crippen LogP contribution >= 0.6 is 35.7 Å². The summed E-state index contributed by atoms with van der Waals surface area (Å²) in [4.78, 5) is 7.09. The average Bonchev–Trinajstić information content (AvgIpc) is 2.67. The molecule has 0 radical (unpaired) electrons. The number of ether oxygens (including phenoxy) is 1. The first-order valence-corrected chi connectivity index (χ1v) is 10.8. The van der Waals surface area contributed by atoms with Gasteiger partial charge in [-0.05, 0) is 44.7 Å². The number of morpholine rings is 1. The molecular formula is C20H34FIN4OS. The van der Waals surface area contributed by atoms with Gasteiger partial charge in [-0.1, -0.05) is 12.1 Å². The zero-order valence-electron chi connectivity index (χ0n) is 17.3. The fraction of sp³-hybridized carbons (Fsp3) is 0.650. The lowest BCUT2D eigenvalue weighted by Crippen LogP contribution is -2.46. The van der Waals surface area contributed by atoms with Gasteiger partial charge in [0.1, 0.15) is 5.82 Å². The second-order valence-corrected chi connectivity index (χ2v) is 8.77. The number of hydrogen-bond acceptors (Lipinski definition) is 4. The summed E-state index contributed by atoms with van der Waals surface area (Å²) in [6, 6.07) is 6.96. The molecule has 160 valence electrons. The van der Waals surface area contributed by atoms with Crippen molar-refractivity contribution in [1.29, 1.82) is 0 Å². The molecule has 2 rings (SSSR count). The van der Waals surface area contributed by atoms with Crippen LogP contribution in [0.25, 0.3) is 0 Å². The number of thioether (sulfide) groups is 1. The van der Waals surface area contributed by atoms with Gasteiger partial charge >= 0.3 is 0 Å². The third-order valence-corrected chi connectivity index (χ3v) is 5.93. The Bertz CT molecular complexity index is 612. The molecule has 1 unspecified atom stereocenters. The fourth-order valence-corrected chi connectivity index (χ4v) is 3.12. The Hall–Kier alpha value is -0.580. The average molecular weight is 524 g/mol. The third kappa shape index (κ3) is 8.42. The first kappa shape index (κ1) is 25.5. The molecule has 0 amide bonds. The molecular weight excluding hydrogens is 490 g/mol. The van der Waals surface area contributed by atoms with Crippen LogP contribution in [0.1, 0.15) is 32.4 Å². The minimum atomic E-state index is -0.201. The van der Waals surface area contributed by atoms with E-state index in [4.69, 9.17) is 9.73 Å². The van der Waals surface area contributed by atoms with Crippen LogP contribution in [0.3, 0.4) is 0 Å². The largest absolute Gasteiger partial charge is 0.379 e. The van der Waals surface area contributed by atoms with E-state index in [0.29, 0.717) is 19.8 Å². The maximum Gasteiger partial charge on any atom is 0.191 e. The highest BCUT2D eigenvalue weighted by Gasteiger charge is 2.23. The van der Waals surface area contributed by atoms with Gasteiger partial charge in [0.25, 0.3) is 0 Å². The van der Waals surface area contributed by atoms with E-state index in [2.05, 4.69) is 42.6 Å². The van der Waals surface area contributed by atoms with Gasteiger partial charge in [-0.3, -0.25) is 9.89 Å². The first-order chi connectivity index (χ1) is 12.9. The number of rotatable bonds is 8. The summed E-state index contributed by atoms with van der Waals surface area (Å²) in [5.41, 5.74) is 0.977. The Kier molecular flexibility index (Phi) is 11.7. The van der Waals surface area contributed by atoms with E-state index < -0.39 is 0 Å². The summed E-state index contributed by atoms with van der Waals surface area (Å²) in [6.07, 6.45) is 2.11. The summed E-state index contributed by atoms with van der Waals surface area (Å²) in [5, 5.41) is 6.77. The summed E-state index contributed by atoms with van der Waals surface area (Å²) >= 11 is 1.81. The van der Waals surface area contributed by atoms with Crippen molar-refractivity contribution in [3.8, 4) is 0 Å². The zero-order chi connectivity index (χ0) is 19.7. The van der Waals surface area contributed by atoms with Gasteiger partial charge in [0.15, 0.2) is 5.96 Å². The number of halogens is 2. The highest BCUT2D eigenvalue weighted by molar-refractivity contribution is 14.0. The molecule has 0 aromatic heterocycles. The van der Waals surface area contributed by atoms with Crippen molar-refractivity contribution < 1.29 is 9.13 Å². The molecule has 1 atom stereocenters. The molecule has 1 fully saturated rings. The summed E-state index contributed by atoms with van der Waals surface area (Å²) < 4.78 is 19.4. The van der Waals surface area contributed by atoms with E-state index in [1.54, 1.807) is 23.9 Å². The van der Waals surface area contributed by atoms with Gasteiger partial charge in [-0.25, -0.2) is 4.39 Å². The summed E-state index contributed by atoms with van der Waals surface area (Å²) in [5.74, 6) is 0.599. The highest BCUT2D eigenvalue weighted by Crippen LogP contribution is 2.23. The molecule has 1 heterocycles. The van der Waals surface area contributed by atoms with Crippen molar-refractivity contribution in [3.63, 3.8) is 0 Å². The molecule has 0 spiro atoms. The van der Waals surface area contributed by atoms with Gasteiger partial charge in [0.2, 0.25) is 0 Å². The van der Waals surface area contributed by atoms with E-state index in [0.717, 1.165) is 37.7 Å². The Morgan fingerprint density at radius 3 is 2.64 bits per heavy atom. The predicted molar refractivity (Wildman–Crippen MR) is 129 cm³/mol. The lowest BCUT2D eigenvalue weighted by molar-refractivity contribution is 0.0169. The Balaban J connectivity index is 0.00000392. The summed E-state index contributed by atoms with van der Waals surface area (Å²) in [7, 11) is 0. The van der Waals surface area contributed by atoms with Gasteiger partial charge in [0.05, 0.1) is 25.8 Å². The molecule has 1 aromatic rings. The smallest absolute Gasteiger partial charge is 0.191 e. The van der Waals surface area contributed by atoms with Crippen molar-refractivity contribution in [2.24, 2.45) is 4.99 Å². The monoisotopic (exact) mass is 524 g/mol. The molecule has 1 saturated heterocycles. The van der Waals surface area contributed by atoms with Crippen LogP contribution < -0.4 is 10.6 Å². The van der Waals surface area contributed by atoms with Crippen molar-refractivity contribution in [3.05, 3.63) is 35.6 Å². The third-order valence-electron chi connectivity index (χ3n) is 4.70. The lowest BCUT2D eigenvalue weighted by Gasteiger charge is -2.35. The van der Waals surface area contributed by atoms with Gasteiger partial charge < -0.3 is 15.4 Å². The molecule has 1 aromatic carbocycles. The van der Waals surface area contributed by atoms with Crippen LogP contribution in [0.4, 0.5) is 4.39 Å². The number of nitrogens with zero attached hydrogens (tertiary/aromatic N) is 2. The number of aliphatic imine (C=N–C) groups is 1. The number of nitrogens with one attached hydrogen (secondary N) is 2. The maximum absolute atomic E-state index is 13.8. The quantitative estimate of drug-likeness (QED) is 0.310. The molecule has 0 bridgehead atoms. The second-order valence-electron chi connectivity index (χ2n) is 7.26. The Labute approximate surface area is 190 Å². The molecule has 0 aliphatic carbocycles. The van der Waals surface area contributed by atoms with Gasteiger partial charge in [0, 0.05) is 30.9 Å². The standard InChI is InChI=1S/C20H33FN4OS.HI/c1-5-22-19(24-15-20(2,3)27-4)23-14-18(25-9-11-26-12-10-25)16-7-6-8-17(21)13-16;/h6-8,13,18H,5,9-12,14-15H2,1-4H3,(H2,22,23,24);1H. The second kappa shape index (κ2) is 12.9. The molecule has 28 heavy (non-hydrogen) atoms. The van der Waals surface area contributed by atoms with Gasteiger partial charge in [-0.15, -0.1) is 24.0 Å². The van der Waals surface area contributed by atoms with Crippen LogP contribution in [-0.4, -0.2) is 67.8 Å². The van der Waals surface area contributed by atoms with Crippen LogP contribution in [0.15, 0.2) is 29.3 Å². The Morgan fingerprint density at radius 2 is 2.04 bits per heavy atom. The molecule has 0 saturated carbocycles. The minimum absolute atomic E-state index is 0. The molecule has 5 nitrogen and oxygen atoms in total. The minimum Gasteiger partial charge on any atom is -0.379 e. The number of hydrogen-bond donors (Lipinski definition) is 2. The normalized spacial score (nSPS) is 17.0. The lowest BCUT2D eigenvalue weighted by atomic mass is 10.0. The van der Waals surface area contributed by atoms with Crippen molar-refractivity contribution in [2.75, 3.05) is 52.2 Å². The van der Waals surface area contributed by atoms with Gasteiger partial charge in [-0.2, -0.15) is 11.8 Å². The van der Waals surface area contributed by atoms with Crippen LogP contribution in [0, 0.1) is 5.82 Å². The predicted octanol–water partition coefficient (Wildman–Crippen LogP) is 3.51. The molecule has 2 N–H and O–H groups in total. The molecule has 8 heteroatoms. The summed E-state index contributed by atoms with van der Waals surface area (Å²) in [6.45, 7) is 11.7. The topological polar surface area (TPSA) is 48.9 Å². The SMILES string of the molecule is CCNC(=NCC(C)(C)SC)NCC(c1cccc(F)c1)N1CCOCC1.I. The fourth-order valence-electron chi connectivity index (χ4n) is 2.93. The van der Waals surface area contributed by atoms with E-state index in [9.17, 15) is 4.39 Å². The first-order valence-electron chi connectivity index (χ1n) is 9.60. The Morgan fingerprint density at radius 1 is 1.32 bits per heavy atom. The van der Waals surface area contributed by atoms with Crippen LogP contribution in [0.5, 0.6) is 0 Å². The van der Waals surface area contributed by atoms with Crippen molar-refractivity contribution >= 4 is 41.7 Å². The zero-order valence-corrected chi connectivity index (χ0v) is 20.5. The van der Waals surface area contributed by atoms with Crippen molar-refractivity contribution in [1.82, 2.24) is 15.5 Å². The number of benzene rings is 1. The van der Waals surface area contributed by atoms with E-state index in [1.165, 1.54) is 6.07 Å².